The van der Waals surface area contributed by atoms with E-state index in [0.717, 1.165) is 11.1 Å². The Hall–Kier alpha value is -2.13. The predicted molar refractivity (Wildman–Crippen MR) is 79.8 cm³/mol. The van der Waals surface area contributed by atoms with Crippen LogP contribution in [-0.4, -0.2) is 17.6 Å². The molecule has 0 spiro atoms. The first-order chi connectivity index (χ1) is 9.56. The smallest absolute Gasteiger partial charge is 0.317 e. The summed E-state index contributed by atoms with van der Waals surface area (Å²) in [6.45, 7) is 4.01. The van der Waals surface area contributed by atoms with E-state index in [-0.39, 0.29) is 12.6 Å². The molecule has 0 aromatic heterocycles. The molecule has 0 aliphatic carbocycles. The van der Waals surface area contributed by atoms with Gasteiger partial charge in [-0.1, -0.05) is 59.7 Å². The summed E-state index contributed by atoms with van der Waals surface area (Å²) in [6, 6.07) is 16.2. The van der Waals surface area contributed by atoms with E-state index in [1.165, 1.54) is 11.1 Å². The molecule has 0 atom stereocenters. The Labute approximate surface area is 119 Å². The third kappa shape index (κ3) is 3.68. The van der Waals surface area contributed by atoms with Gasteiger partial charge < -0.3 is 5.11 Å². The van der Waals surface area contributed by atoms with Gasteiger partial charge in [0, 0.05) is 0 Å². The van der Waals surface area contributed by atoms with Crippen molar-refractivity contribution in [1.29, 1.82) is 0 Å². The molecule has 0 aliphatic heterocycles. The Morgan fingerprint density at radius 3 is 1.70 bits per heavy atom. The molecular weight excluding hydrogens is 250 g/mol. The maximum Gasteiger partial charge on any atom is 0.317 e. The van der Waals surface area contributed by atoms with Crippen LogP contribution in [0, 0.1) is 13.8 Å². The van der Waals surface area contributed by atoms with Crippen LogP contribution in [-0.2, 0) is 4.79 Å². The first kappa shape index (κ1) is 14.3. The van der Waals surface area contributed by atoms with Gasteiger partial charge in [-0.3, -0.25) is 10.1 Å². The van der Waals surface area contributed by atoms with Gasteiger partial charge in [0.25, 0.3) is 0 Å². The monoisotopic (exact) mass is 269 g/mol. The van der Waals surface area contributed by atoms with Gasteiger partial charge in [-0.05, 0) is 25.0 Å². The molecule has 2 aromatic carbocycles. The maximum absolute atomic E-state index is 10.8. The maximum atomic E-state index is 10.8. The summed E-state index contributed by atoms with van der Waals surface area (Å²) in [5, 5.41) is 12.0. The van der Waals surface area contributed by atoms with Crippen LogP contribution in [0.2, 0.25) is 0 Å². The fraction of sp³-hybridized carbons (Fsp3) is 0.235. The Balaban J connectivity index is 2.30. The minimum Gasteiger partial charge on any atom is -0.480 e. The normalized spacial score (nSPS) is 10.8. The number of nitrogens with one attached hydrogen (secondary N) is 1. The molecular formula is C17H19NO2. The summed E-state index contributed by atoms with van der Waals surface area (Å²) < 4.78 is 0. The zero-order chi connectivity index (χ0) is 14.5. The Morgan fingerprint density at radius 1 is 0.950 bits per heavy atom. The minimum absolute atomic E-state index is 0.0631. The lowest BCUT2D eigenvalue weighted by Gasteiger charge is -2.19. The molecule has 0 heterocycles. The second-order valence-corrected chi connectivity index (χ2v) is 5.03. The van der Waals surface area contributed by atoms with Gasteiger partial charge in [-0.15, -0.1) is 0 Å². The molecule has 0 saturated heterocycles. The summed E-state index contributed by atoms with van der Waals surface area (Å²) >= 11 is 0. The summed E-state index contributed by atoms with van der Waals surface area (Å²) in [5.74, 6) is -0.853. The number of aryl methyl sites for hydroxylation is 2. The molecule has 0 saturated carbocycles. The van der Waals surface area contributed by atoms with Crippen LogP contribution in [0.1, 0.15) is 28.3 Å². The largest absolute Gasteiger partial charge is 0.480 e. The minimum atomic E-state index is -0.853. The Bertz CT molecular complexity index is 527. The van der Waals surface area contributed by atoms with Crippen LogP contribution >= 0.6 is 0 Å². The van der Waals surface area contributed by atoms with Crippen molar-refractivity contribution in [3.8, 4) is 0 Å². The number of carbonyl (C=O) groups is 1. The van der Waals surface area contributed by atoms with Crippen molar-refractivity contribution in [2.45, 2.75) is 19.9 Å². The van der Waals surface area contributed by atoms with Gasteiger partial charge in [0.2, 0.25) is 0 Å². The van der Waals surface area contributed by atoms with E-state index in [0.29, 0.717) is 0 Å². The van der Waals surface area contributed by atoms with Crippen molar-refractivity contribution < 1.29 is 9.90 Å². The lowest BCUT2D eigenvalue weighted by atomic mass is 9.97. The van der Waals surface area contributed by atoms with Crippen molar-refractivity contribution in [3.05, 3.63) is 70.8 Å². The molecule has 20 heavy (non-hydrogen) atoms. The number of carboxylic acids is 1. The van der Waals surface area contributed by atoms with Crippen LogP contribution in [0.4, 0.5) is 0 Å². The summed E-state index contributed by atoms with van der Waals surface area (Å²) in [6.07, 6.45) is 0. The first-order valence-electron chi connectivity index (χ1n) is 6.64. The van der Waals surface area contributed by atoms with Crippen molar-refractivity contribution in [3.63, 3.8) is 0 Å². The van der Waals surface area contributed by atoms with Crippen LogP contribution < -0.4 is 5.32 Å². The van der Waals surface area contributed by atoms with Gasteiger partial charge >= 0.3 is 5.97 Å². The summed E-state index contributed by atoms with van der Waals surface area (Å²) in [4.78, 5) is 10.8. The summed E-state index contributed by atoms with van der Waals surface area (Å²) in [7, 11) is 0. The zero-order valence-corrected chi connectivity index (χ0v) is 11.8. The van der Waals surface area contributed by atoms with Crippen molar-refractivity contribution in [1.82, 2.24) is 5.32 Å². The van der Waals surface area contributed by atoms with E-state index in [9.17, 15) is 4.79 Å². The molecule has 0 amide bonds. The highest BCUT2D eigenvalue weighted by Gasteiger charge is 2.14. The number of rotatable bonds is 5. The van der Waals surface area contributed by atoms with E-state index in [2.05, 4.69) is 5.32 Å². The number of hydrogen-bond acceptors (Lipinski definition) is 2. The molecule has 0 bridgehead atoms. The molecule has 3 nitrogen and oxygen atoms in total. The molecule has 2 rings (SSSR count). The van der Waals surface area contributed by atoms with E-state index in [4.69, 9.17) is 5.11 Å². The second kappa shape index (κ2) is 6.35. The summed E-state index contributed by atoms with van der Waals surface area (Å²) in [5.41, 5.74) is 4.52. The van der Waals surface area contributed by atoms with Crippen LogP contribution in [0.5, 0.6) is 0 Å². The van der Waals surface area contributed by atoms with E-state index in [1.54, 1.807) is 0 Å². The lowest BCUT2D eigenvalue weighted by molar-refractivity contribution is -0.136. The molecule has 2 N–H and O–H groups in total. The van der Waals surface area contributed by atoms with E-state index < -0.39 is 5.97 Å². The zero-order valence-electron chi connectivity index (χ0n) is 11.8. The van der Waals surface area contributed by atoms with Gasteiger partial charge in [0.05, 0.1) is 12.6 Å². The third-order valence-corrected chi connectivity index (χ3v) is 3.28. The molecule has 3 heteroatoms. The topological polar surface area (TPSA) is 49.3 Å². The third-order valence-electron chi connectivity index (χ3n) is 3.28. The Kier molecular flexibility index (Phi) is 4.53. The van der Waals surface area contributed by atoms with E-state index in [1.807, 2.05) is 62.4 Å². The van der Waals surface area contributed by atoms with Gasteiger partial charge in [0.15, 0.2) is 0 Å². The average molecular weight is 269 g/mol. The number of hydrogen-bond donors (Lipinski definition) is 2. The fourth-order valence-electron chi connectivity index (χ4n) is 2.14. The van der Waals surface area contributed by atoms with Gasteiger partial charge in [0.1, 0.15) is 0 Å². The predicted octanol–water partition coefficient (Wildman–Crippen LogP) is 3.07. The molecule has 0 radical (unpaired) electrons. The first-order valence-corrected chi connectivity index (χ1v) is 6.64. The molecule has 0 unspecified atom stereocenters. The SMILES string of the molecule is Cc1ccc(C(NCC(=O)O)c2ccc(C)cc2)cc1. The highest BCUT2D eigenvalue weighted by molar-refractivity contribution is 5.69. The fourth-order valence-corrected chi connectivity index (χ4v) is 2.14. The van der Waals surface area contributed by atoms with Crippen LogP contribution in [0.25, 0.3) is 0 Å². The quantitative estimate of drug-likeness (QED) is 0.877. The molecule has 0 fully saturated rings. The highest BCUT2D eigenvalue weighted by Crippen LogP contribution is 2.22. The molecule has 0 aliphatic rings. The van der Waals surface area contributed by atoms with Crippen molar-refractivity contribution in [2.75, 3.05) is 6.54 Å². The lowest BCUT2D eigenvalue weighted by Crippen LogP contribution is -2.28. The van der Waals surface area contributed by atoms with Gasteiger partial charge in [-0.25, -0.2) is 0 Å². The second-order valence-electron chi connectivity index (χ2n) is 5.03. The standard InChI is InChI=1S/C17H19NO2/c1-12-3-7-14(8-4-12)17(18-11-16(19)20)15-9-5-13(2)6-10-15/h3-10,17-18H,11H2,1-2H3,(H,19,20). The number of aliphatic carboxylic acids is 1. The van der Waals surface area contributed by atoms with Crippen LogP contribution in [0.15, 0.2) is 48.5 Å². The van der Waals surface area contributed by atoms with Crippen LogP contribution in [0.3, 0.4) is 0 Å². The number of carboxylic acid groups (broad SMARTS) is 1. The van der Waals surface area contributed by atoms with Crippen molar-refractivity contribution in [2.24, 2.45) is 0 Å². The van der Waals surface area contributed by atoms with Crippen molar-refractivity contribution >= 4 is 5.97 Å². The Morgan fingerprint density at radius 2 is 1.35 bits per heavy atom. The van der Waals surface area contributed by atoms with Gasteiger partial charge in [-0.2, -0.15) is 0 Å². The highest BCUT2D eigenvalue weighted by atomic mass is 16.4. The molecule has 2 aromatic rings. The number of benzene rings is 2. The van der Waals surface area contributed by atoms with E-state index >= 15 is 0 Å². The molecule has 104 valence electrons. The average Bonchev–Trinajstić information content (AvgIpc) is 2.42.